The number of aryl methyl sites for hydroxylation is 2. The first-order chi connectivity index (χ1) is 13.0. The third-order valence-electron chi connectivity index (χ3n) is 4.32. The van der Waals surface area contributed by atoms with Crippen LogP contribution < -0.4 is 5.32 Å². The van der Waals surface area contributed by atoms with Gasteiger partial charge in [-0.05, 0) is 44.4 Å². The Morgan fingerprint density at radius 2 is 1.93 bits per heavy atom. The molecular weight excluding hydrogens is 360 g/mol. The van der Waals surface area contributed by atoms with Gasteiger partial charge in [-0.2, -0.15) is 5.10 Å². The van der Waals surface area contributed by atoms with Gasteiger partial charge in [-0.25, -0.2) is 4.68 Å². The van der Waals surface area contributed by atoms with Gasteiger partial charge in [-0.15, -0.1) is 11.3 Å². The first kappa shape index (κ1) is 17.2. The summed E-state index contributed by atoms with van der Waals surface area (Å²) in [5.41, 5.74) is 4.64. The van der Waals surface area contributed by atoms with Gasteiger partial charge >= 0.3 is 0 Å². The van der Waals surface area contributed by atoms with Crippen LogP contribution >= 0.6 is 11.3 Å². The van der Waals surface area contributed by atoms with Gasteiger partial charge in [-0.1, -0.05) is 28.9 Å². The lowest BCUT2D eigenvalue weighted by atomic mass is 10.2. The Balaban J connectivity index is 1.59. The Labute approximate surface area is 160 Å². The summed E-state index contributed by atoms with van der Waals surface area (Å²) in [5, 5.41) is 13.3. The molecule has 1 aromatic carbocycles. The highest BCUT2D eigenvalue weighted by Gasteiger charge is 2.19. The van der Waals surface area contributed by atoms with E-state index in [9.17, 15) is 4.79 Å². The van der Waals surface area contributed by atoms with Gasteiger partial charge in [0.1, 0.15) is 0 Å². The first-order valence-electron chi connectivity index (χ1n) is 8.48. The Hall–Kier alpha value is -3.19. The smallest absolute Gasteiger partial charge is 0.277 e. The van der Waals surface area contributed by atoms with E-state index in [0.29, 0.717) is 11.4 Å². The minimum atomic E-state index is -0.323. The lowest BCUT2D eigenvalue weighted by Gasteiger charge is -2.06. The zero-order chi connectivity index (χ0) is 19.0. The number of carbonyl (C=O) groups excluding carboxylic acids is 1. The number of nitrogens with one attached hydrogen (secondary N) is 1. The summed E-state index contributed by atoms with van der Waals surface area (Å²) in [5.74, 6) is 0.259. The molecule has 136 valence electrons. The van der Waals surface area contributed by atoms with Gasteiger partial charge in [-0.3, -0.25) is 4.79 Å². The minimum absolute atomic E-state index is 0.236. The maximum absolute atomic E-state index is 12.6. The quantitative estimate of drug-likeness (QED) is 0.555. The van der Waals surface area contributed by atoms with Crippen LogP contribution in [0.4, 0.5) is 5.69 Å². The maximum Gasteiger partial charge on any atom is 0.277 e. The zero-order valence-electron chi connectivity index (χ0n) is 15.2. The summed E-state index contributed by atoms with van der Waals surface area (Å²) in [4.78, 5) is 13.6. The van der Waals surface area contributed by atoms with Crippen molar-refractivity contribution in [2.24, 2.45) is 0 Å². The molecule has 0 aliphatic rings. The normalized spacial score (nSPS) is 10.9. The molecule has 0 saturated carbocycles. The number of nitrogens with zero attached hydrogens (tertiary/aromatic N) is 3. The van der Waals surface area contributed by atoms with E-state index >= 15 is 0 Å². The maximum atomic E-state index is 12.6. The van der Waals surface area contributed by atoms with Crippen molar-refractivity contribution in [3.63, 3.8) is 0 Å². The number of hydrogen-bond donors (Lipinski definition) is 1. The van der Waals surface area contributed by atoms with Crippen LogP contribution in [0.2, 0.25) is 0 Å². The van der Waals surface area contributed by atoms with Crippen molar-refractivity contribution in [2.75, 3.05) is 5.32 Å². The first-order valence-corrected chi connectivity index (χ1v) is 9.36. The topological polar surface area (TPSA) is 73.0 Å². The molecule has 0 unspecified atom stereocenters. The molecule has 0 atom stereocenters. The average molecular weight is 378 g/mol. The number of rotatable bonds is 4. The fraction of sp³-hybridized carbons (Fsp3) is 0.150. The second-order valence-corrected chi connectivity index (χ2v) is 7.25. The van der Waals surface area contributed by atoms with E-state index in [2.05, 4.69) is 15.6 Å². The summed E-state index contributed by atoms with van der Waals surface area (Å²) in [6.07, 6.45) is 0. The third-order valence-corrected chi connectivity index (χ3v) is 5.20. The molecule has 7 heteroatoms. The summed E-state index contributed by atoms with van der Waals surface area (Å²) in [7, 11) is 0. The van der Waals surface area contributed by atoms with E-state index < -0.39 is 0 Å². The monoisotopic (exact) mass is 378 g/mol. The molecule has 4 aromatic rings. The highest BCUT2D eigenvalue weighted by molar-refractivity contribution is 7.13. The Morgan fingerprint density at radius 1 is 1.15 bits per heavy atom. The second-order valence-electron chi connectivity index (χ2n) is 6.30. The van der Waals surface area contributed by atoms with Crippen LogP contribution in [0.3, 0.4) is 0 Å². The fourth-order valence-electron chi connectivity index (χ4n) is 2.86. The van der Waals surface area contributed by atoms with Crippen molar-refractivity contribution in [1.29, 1.82) is 0 Å². The van der Waals surface area contributed by atoms with E-state index in [1.807, 2.05) is 67.2 Å². The molecule has 4 rings (SSSR count). The van der Waals surface area contributed by atoms with Crippen LogP contribution in [-0.4, -0.2) is 20.8 Å². The van der Waals surface area contributed by atoms with Crippen LogP contribution in [0.25, 0.3) is 16.3 Å². The summed E-state index contributed by atoms with van der Waals surface area (Å²) < 4.78 is 7.12. The number of hydrogen-bond acceptors (Lipinski definition) is 5. The molecule has 0 fully saturated rings. The third kappa shape index (κ3) is 3.29. The average Bonchev–Trinajstić information content (AvgIpc) is 3.39. The summed E-state index contributed by atoms with van der Waals surface area (Å²) >= 11 is 1.53. The van der Waals surface area contributed by atoms with Crippen molar-refractivity contribution in [2.45, 2.75) is 20.8 Å². The second kappa shape index (κ2) is 6.85. The van der Waals surface area contributed by atoms with Crippen molar-refractivity contribution >= 4 is 22.9 Å². The SMILES string of the molecule is Cc1ccc(-n2nc(C)c(NC(=O)c3cc(-c4cccs4)on3)c2C)cc1. The zero-order valence-corrected chi connectivity index (χ0v) is 16.0. The predicted octanol–water partition coefficient (Wildman–Crippen LogP) is 4.77. The Bertz CT molecular complexity index is 1090. The molecule has 0 spiro atoms. The Kier molecular flexibility index (Phi) is 4.37. The fourth-order valence-corrected chi connectivity index (χ4v) is 3.53. The van der Waals surface area contributed by atoms with Gasteiger partial charge < -0.3 is 9.84 Å². The van der Waals surface area contributed by atoms with Crippen LogP contribution in [0.5, 0.6) is 0 Å². The molecule has 3 aromatic heterocycles. The lowest BCUT2D eigenvalue weighted by Crippen LogP contribution is -2.13. The molecule has 27 heavy (non-hydrogen) atoms. The van der Waals surface area contributed by atoms with E-state index in [-0.39, 0.29) is 11.6 Å². The van der Waals surface area contributed by atoms with Crippen molar-refractivity contribution < 1.29 is 9.32 Å². The lowest BCUT2D eigenvalue weighted by molar-refractivity contribution is 0.101. The van der Waals surface area contributed by atoms with E-state index in [1.54, 1.807) is 6.07 Å². The van der Waals surface area contributed by atoms with Gasteiger partial charge in [0, 0.05) is 6.07 Å². The van der Waals surface area contributed by atoms with Crippen molar-refractivity contribution in [3.05, 3.63) is 70.5 Å². The van der Waals surface area contributed by atoms with Gasteiger partial charge in [0.15, 0.2) is 11.5 Å². The number of aromatic nitrogens is 3. The van der Waals surface area contributed by atoms with Crippen LogP contribution in [0, 0.1) is 20.8 Å². The molecule has 0 radical (unpaired) electrons. The van der Waals surface area contributed by atoms with E-state index in [0.717, 1.165) is 22.0 Å². The van der Waals surface area contributed by atoms with Crippen molar-refractivity contribution in [3.8, 4) is 16.3 Å². The van der Waals surface area contributed by atoms with Crippen molar-refractivity contribution in [1.82, 2.24) is 14.9 Å². The highest BCUT2D eigenvalue weighted by Crippen LogP contribution is 2.27. The summed E-state index contributed by atoms with van der Waals surface area (Å²) in [6.45, 7) is 5.83. The van der Waals surface area contributed by atoms with Gasteiger partial charge in [0.2, 0.25) is 0 Å². The minimum Gasteiger partial charge on any atom is -0.355 e. The molecule has 3 heterocycles. The van der Waals surface area contributed by atoms with Gasteiger partial charge in [0.25, 0.3) is 5.91 Å². The van der Waals surface area contributed by atoms with Gasteiger partial charge in [0.05, 0.1) is 27.6 Å². The number of carbonyl (C=O) groups is 1. The molecule has 0 aliphatic carbocycles. The molecule has 1 N–H and O–H groups in total. The van der Waals surface area contributed by atoms with Crippen LogP contribution in [0.15, 0.2) is 52.4 Å². The van der Waals surface area contributed by atoms with Crippen LogP contribution in [-0.2, 0) is 0 Å². The molecule has 0 aliphatic heterocycles. The number of benzene rings is 1. The van der Waals surface area contributed by atoms with E-state index in [1.165, 1.54) is 16.9 Å². The Morgan fingerprint density at radius 3 is 2.63 bits per heavy atom. The van der Waals surface area contributed by atoms with E-state index in [4.69, 9.17) is 4.52 Å². The standard InChI is InChI=1S/C20H18N4O2S/c1-12-6-8-15(9-7-12)24-14(3)19(13(2)22-24)21-20(25)16-11-17(26-23-16)18-5-4-10-27-18/h4-11H,1-3H3,(H,21,25). The number of amides is 1. The molecule has 1 amide bonds. The largest absolute Gasteiger partial charge is 0.355 e. The molecule has 0 bridgehead atoms. The number of anilines is 1. The predicted molar refractivity (Wildman–Crippen MR) is 106 cm³/mol. The number of thiophene rings is 1. The molecule has 0 saturated heterocycles. The molecule has 6 nitrogen and oxygen atoms in total. The highest BCUT2D eigenvalue weighted by atomic mass is 32.1. The molecular formula is C20H18N4O2S. The summed E-state index contributed by atoms with van der Waals surface area (Å²) in [6, 6.07) is 13.6. The van der Waals surface area contributed by atoms with Crippen LogP contribution in [0.1, 0.15) is 27.4 Å².